The number of nitrogens with zero attached hydrogens (tertiary/aromatic N) is 2. The maximum Gasteiger partial charge on any atom is 0.491 e. The number of ether oxygens (including phenoxy) is 2. The zero-order valence-electron chi connectivity index (χ0n) is 21.6. The maximum absolute atomic E-state index is 13.1. The van der Waals surface area contributed by atoms with E-state index in [2.05, 4.69) is 4.90 Å². The van der Waals surface area contributed by atoms with Crippen molar-refractivity contribution in [1.29, 1.82) is 0 Å². The molecule has 1 amide bonds. The number of piperidine rings is 1. The SMILES string of the molecule is O=C(c1ccc(Cl)cc1)N1CC2(CCN(Cc3cccc(OCc4ccccc4)c3)CC2)C1OC(=O)C(F)(F)F. The second-order valence-electron chi connectivity index (χ2n) is 10.3. The normalized spacial score (nSPS) is 18.7. The Morgan fingerprint density at radius 1 is 0.925 bits per heavy atom. The van der Waals surface area contributed by atoms with Gasteiger partial charge in [-0.2, -0.15) is 13.2 Å². The first-order chi connectivity index (χ1) is 19.1. The van der Waals surface area contributed by atoms with Gasteiger partial charge >= 0.3 is 12.1 Å². The van der Waals surface area contributed by atoms with Crippen LogP contribution in [-0.2, 0) is 22.7 Å². The van der Waals surface area contributed by atoms with Gasteiger partial charge in [-0.3, -0.25) is 9.69 Å². The largest absolute Gasteiger partial charge is 0.491 e. The summed E-state index contributed by atoms with van der Waals surface area (Å²) >= 11 is 5.90. The molecule has 0 bridgehead atoms. The van der Waals surface area contributed by atoms with Gasteiger partial charge in [-0.1, -0.05) is 54.1 Å². The van der Waals surface area contributed by atoms with E-state index in [1.807, 2.05) is 54.6 Å². The van der Waals surface area contributed by atoms with Crippen LogP contribution in [0.3, 0.4) is 0 Å². The third-order valence-electron chi connectivity index (χ3n) is 7.50. The average Bonchev–Trinajstić information content (AvgIpc) is 2.94. The number of likely N-dealkylation sites (tertiary alicyclic amines) is 2. The molecule has 2 heterocycles. The Balaban J connectivity index is 1.22. The molecule has 1 spiro atoms. The van der Waals surface area contributed by atoms with Crippen LogP contribution in [0.5, 0.6) is 5.75 Å². The standard InChI is InChI=1S/C30H28ClF3N2O4/c31-24-11-9-23(10-12-24)26(37)36-20-29(27(36)40-28(38)30(32,33)34)13-15-35(16-14-29)18-22-7-4-8-25(17-22)39-19-21-5-2-1-3-6-21/h1-12,17,27H,13-16,18-20H2. The smallest absolute Gasteiger partial charge is 0.489 e. The minimum atomic E-state index is -5.15. The van der Waals surface area contributed by atoms with Gasteiger partial charge in [0.15, 0.2) is 6.23 Å². The van der Waals surface area contributed by atoms with Crippen LogP contribution in [0.15, 0.2) is 78.9 Å². The van der Waals surface area contributed by atoms with Gasteiger partial charge in [0.2, 0.25) is 0 Å². The van der Waals surface area contributed by atoms with Gasteiger partial charge < -0.3 is 14.4 Å². The molecule has 40 heavy (non-hydrogen) atoms. The van der Waals surface area contributed by atoms with E-state index in [-0.39, 0.29) is 12.1 Å². The van der Waals surface area contributed by atoms with Crippen LogP contribution in [0.2, 0.25) is 5.02 Å². The highest BCUT2D eigenvalue weighted by atomic mass is 35.5. The van der Waals surface area contributed by atoms with Crippen molar-refractivity contribution in [2.75, 3.05) is 19.6 Å². The molecule has 2 saturated heterocycles. The monoisotopic (exact) mass is 572 g/mol. The summed E-state index contributed by atoms with van der Waals surface area (Å²) in [6.07, 6.45) is -5.48. The van der Waals surface area contributed by atoms with Crippen LogP contribution in [0, 0.1) is 5.41 Å². The van der Waals surface area contributed by atoms with E-state index >= 15 is 0 Å². The van der Waals surface area contributed by atoms with Gasteiger partial charge in [0.1, 0.15) is 12.4 Å². The number of halogens is 4. The Hall–Kier alpha value is -3.56. The fraction of sp³-hybridized carbons (Fsp3) is 0.333. The number of benzene rings is 3. The van der Waals surface area contributed by atoms with Gasteiger partial charge in [0.05, 0.1) is 0 Å². The molecule has 2 fully saturated rings. The molecule has 3 aromatic rings. The van der Waals surface area contributed by atoms with Crippen molar-refractivity contribution in [2.24, 2.45) is 5.41 Å². The molecular weight excluding hydrogens is 545 g/mol. The van der Waals surface area contributed by atoms with Gasteiger partial charge in [-0.25, -0.2) is 4.79 Å². The molecule has 5 rings (SSSR count). The Morgan fingerprint density at radius 2 is 1.60 bits per heavy atom. The van der Waals surface area contributed by atoms with E-state index in [9.17, 15) is 22.8 Å². The first-order valence-electron chi connectivity index (χ1n) is 13.0. The van der Waals surface area contributed by atoms with E-state index in [0.29, 0.717) is 44.1 Å². The predicted octanol–water partition coefficient (Wildman–Crippen LogP) is 6.09. The fourth-order valence-electron chi connectivity index (χ4n) is 5.31. The summed E-state index contributed by atoms with van der Waals surface area (Å²) in [4.78, 5) is 28.3. The van der Waals surface area contributed by atoms with Crippen molar-refractivity contribution in [3.8, 4) is 5.75 Å². The van der Waals surface area contributed by atoms with Crippen molar-refractivity contribution in [3.63, 3.8) is 0 Å². The highest BCUT2D eigenvalue weighted by Gasteiger charge is 2.59. The quantitative estimate of drug-likeness (QED) is 0.321. The zero-order valence-corrected chi connectivity index (χ0v) is 22.3. The molecule has 6 nitrogen and oxygen atoms in total. The molecule has 0 aromatic heterocycles. The lowest BCUT2D eigenvalue weighted by molar-refractivity contribution is -0.248. The summed E-state index contributed by atoms with van der Waals surface area (Å²) in [6, 6.07) is 23.7. The molecule has 0 N–H and O–H groups in total. The van der Waals surface area contributed by atoms with Crippen molar-refractivity contribution < 1.29 is 32.2 Å². The third kappa shape index (κ3) is 6.26. The van der Waals surface area contributed by atoms with E-state index in [4.69, 9.17) is 21.1 Å². The van der Waals surface area contributed by atoms with Gasteiger partial charge in [0, 0.05) is 29.1 Å². The molecule has 3 aromatic carbocycles. The average molecular weight is 573 g/mol. The van der Waals surface area contributed by atoms with Gasteiger partial charge in [-0.15, -0.1) is 0 Å². The molecule has 0 aliphatic carbocycles. The van der Waals surface area contributed by atoms with Crippen LogP contribution in [-0.4, -0.2) is 53.7 Å². The molecule has 0 saturated carbocycles. The Kier molecular flexibility index (Phi) is 8.05. The highest BCUT2D eigenvalue weighted by molar-refractivity contribution is 6.30. The predicted molar refractivity (Wildman–Crippen MR) is 143 cm³/mol. The van der Waals surface area contributed by atoms with Crippen LogP contribution < -0.4 is 4.74 Å². The van der Waals surface area contributed by atoms with Crippen LogP contribution in [0.1, 0.15) is 34.3 Å². The third-order valence-corrected chi connectivity index (χ3v) is 7.75. The number of amides is 1. The second-order valence-corrected chi connectivity index (χ2v) is 10.7. The number of hydrogen-bond acceptors (Lipinski definition) is 5. The zero-order chi connectivity index (χ0) is 28.3. The van der Waals surface area contributed by atoms with Crippen molar-refractivity contribution in [1.82, 2.24) is 9.80 Å². The lowest BCUT2D eigenvalue weighted by atomic mass is 9.69. The lowest BCUT2D eigenvalue weighted by Gasteiger charge is -2.58. The molecule has 1 atom stereocenters. The second kappa shape index (κ2) is 11.5. The number of alkyl halides is 3. The van der Waals surface area contributed by atoms with Crippen molar-refractivity contribution >= 4 is 23.5 Å². The molecule has 1 unspecified atom stereocenters. The van der Waals surface area contributed by atoms with Crippen LogP contribution >= 0.6 is 11.6 Å². The summed E-state index contributed by atoms with van der Waals surface area (Å²) in [5.41, 5.74) is 1.65. The van der Waals surface area contributed by atoms with E-state index in [1.165, 1.54) is 29.2 Å². The fourth-order valence-corrected chi connectivity index (χ4v) is 5.43. The van der Waals surface area contributed by atoms with Crippen LogP contribution in [0.25, 0.3) is 0 Å². The molecule has 2 aliphatic rings. The Labute approximate surface area is 235 Å². The first-order valence-corrected chi connectivity index (χ1v) is 13.3. The summed E-state index contributed by atoms with van der Waals surface area (Å²) in [5, 5.41) is 0.428. The number of carbonyl (C=O) groups excluding carboxylic acids is 2. The van der Waals surface area contributed by atoms with Crippen molar-refractivity contribution in [2.45, 2.75) is 38.4 Å². The van der Waals surface area contributed by atoms with Gasteiger partial charge in [0.25, 0.3) is 5.91 Å². The van der Waals surface area contributed by atoms with Gasteiger partial charge in [-0.05, 0) is 73.5 Å². The highest BCUT2D eigenvalue weighted by Crippen LogP contribution is 2.48. The van der Waals surface area contributed by atoms with E-state index < -0.39 is 29.7 Å². The minimum absolute atomic E-state index is 0.209. The number of carbonyl (C=O) groups is 2. The topological polar surface area (TPSA) is 59.1 Å². The summed E-state index contributed by atoms with van der Waals surface area (Å²) in [7, 11) is 0. The molecule has 10 heteroatoms. The molecule has 2 aliphatic heterocycles. The van der Waals surface area contributed by atoms with Crippen molar-refractivity contribution in [3.05, 3.63) is 101 Å². The van der Waals surface area contributed by atoms with E-state index in [0.717, 1.165) is 16.9 Å². The Morgan fingerprint density at radius 3 is 2.27 bits per heavy atom. The molecule has 210 valence electrons. The summed E-state index contributed by atoms with van der Waals surface area (Å²) in [6.45, 7) is 2.47. The molecule has 0 radical (unpaired) electrons. The summed E-state index contributed by atoms with van der Waals surface area (Å²) < 4.78 is 50.2. The summed E-state index contributed by atoms with van der Waals surface area (Å²) in [5.74, 6) is -2.04. The number of rotatable bonds is 7. The number of hydrogen-bond donors (Lipinski definition) is 0. The minimum Gasteiger partial charge on any atom is -0.489 e. The van der Waals surface area contributed by atoms with E-state index in [1.54, 1.807) is 0 Å². The van der Waals surface area contributed by atoms with Crippen LogP contribution in [0.4, 0.5) is 13.2 Å². The molecular formula is C30H28ClF3N2O4. The number of esters is 1. The lowest BCUT2D eigenvalue weighted by Crippen LogP contribution is -2.70. The first kappa shape index (κ1) is 28.0. The Bertz CT molecular complexity index is 1340. The maximum atomic E-state index is 13.1.